The third-order valence-corrected chi connectivity index (χ3v) is 5.04. The van der Waals surface area contributed by atoms with Crippen LogP contribution < -0.4 is 9.64 Å². The molecule has 0 saturated carbocycles. The molecule has 0 spiro atoms. The lowest BCUT2D eigenvalue weighted by Gasteiger charge is -2.32. The molecule has 1 aromatic heterocycles. The van der Waals surface area contributed by atoms with Crippen molar-refractivity contribution >= 4 is 11.5 Å². The molecule has 0 aliphatic carbocycles. The van der Waals surface area contributed by atoms with Crippen LogP contribution >= 0.6 is 0 Å². The van der Waals surface area contributed by atoms with Gasteiger partial charge >= 0.3 is 6.18 Å². The number of nitrogens with zero attached hydrogens (tertiary/aromatic N) is 4. The Hall–Kier alpha value is -2.71. The highest BCUT2D eigenvalue weighted by Gasteiger charge is 2.33. The van der Waals surface area contributed by atoms with Gasteiger partial charge in [0.05, 0.1) is 5.56 Å². The van der Waals surface area contributed by atoms with E-state index in [-0.39, 0.29) is 23.7 Å². The van der Waals surface area contributed by atoms with E-state index in [0.717, 1.165) is 38.4 Å². The summed E-state index contributed by atoms with van der Waals surface area (Å²) in [7, 11) is 0. The molecule has 9 heteroatoms. The largest absolute Gasteiger partial charge is 0.471 e. The van der Waals surface area contributed by atoms with Gasteiger partial charge in [-0.05, 0) is 30.0 Å². The van der Waals surface area contributed by atoms with E-state index in [1.807, 2.05) is 4.90 Å². The maximum Gasteiger partial charge on any atom is 0.416 e. The van der Waals surface area contributed by atoms with Crippen molar-refractivity contribution in [1.82, 2.24) is 9.97 Å². The molecule has 1 aliphatic heterocycles. The Kier molecular flexibility index (Phi) is 6.11. The van der Waals surface area contributed by atoms with Gasteiger partial charge in [0.1, 0.15) is 12.9 Å². The van der Waals surface area contributed by atoms with E-state index in [1.165, 1.54) is 24.5 Å². The van der Waals surface area contributed by atoms with E-state index in [4.69, 9.17) is 4.74 Å². The van der Waals surface area contributed by atoms with Crippen molar-refractivity contribution in [2.24, 2.45) is 11.1 Å². The highest BCUT2D eigenvalue weighted by Crippen LogP contribution is 2.37. The zero-order valence-corrected chi connectivity index (χ0v) is 15.4. The number of hydrogen-bond donors (Lipinski definition) is 0. The first kappa shape index (κ1) is 20.0. The van der Waals surface area contributed by atoms with E-state index in [2.05, 4.69) is 22.1 Å². The number of halogens is 3. The van der Waals surface area contributed by atoms with Gasteiger partial charge in [-0.25, -0.2) is 4.98 Å². The maximum atomic E-state index is 13.1. The summed E-state index contributed by atoms with van der Waals surface area (Å²) in [5.74, 6) is 0.883. The van der Waals surface area contributed by atoms with Crippen LogP contribution in [0.5, 0.6) is 5.88 Å². The Morgan fingerprint density at radius 3 is 2.57 bits per heavy atom. The molecule has 6 nitrogen and oxygen atoms in total. The lowest BCUT2D eigenvalue weighted by Crippen LogP contribution is -2.34. The number of benzene rings is 1. The van der Waals surface area contributed by atoms with Gasteiger partial charge in [-0.1, -0.05) is 31.5 Å². The summed E-state index contributed by atoms with van der Waals surface area (Å²) in [6.45, 7) is 3.23. The summed E-state index contributed by atoms with van der Waals surface area (Å²) < 4.78 is 44.8. The third kappa shape index (κ3) is 4.40. The second-order valence-electron chi connectivity index (χ2n) is 6.72. The maximum absolute atomic E-state index is 13.1. The molecule has 150 valence electrons. The van der Waals surface area contributed by atoms with Crippen LogP contribution in [-0.2, 0) is 12.8 Å². The molecule has 0 unspecified atom stereocenters. The van der Waals surface area contributed by atoms with Crippen LogP contribution in [0, 0.1) is 10.8 Å². The quantitative estimate of drug-likeness (QED) is 0.638. The van der Waals surface area contributed by atoms with E-state index < -0.39 is 11.7 Å². The van der Waals surface area contributed by atoms with Crippen LogP contribution in [-0.4, -0.2) is 23.1 Å². The number of rotatable bonds is 6. The molecule has 1 aromatic carbocycles. The summed E-state index contributed by atoms with van der Waals surface area (Å²) in [6, 6.07) is 5.12. The van der Waals surface area contributed by atoms with Crippen LogP contribution in [0.25, 0.3) is 0 Å². The van der Waals surface area contributed by atoms with Gasteiger partial charge in [0.25, 0.3) is 0 Å². The van der Waals surface area contributed by atoms with E-state index in [0.29, 0.717) is 11.7 Å². The molecular formula is C19H21F3N4O2. The van der Waals surface area contributed by atoms with Crippen molar-refractivity contribution in [1.29, 1.82) is 0 Å². The predicted octanol–water partition coefficient (Wildman–Crippen LogP) is 5.10. The number of hydrogen-bond acceptors (Lipinski definition) is 6. The summed E-state index contributed by atoms with van der Waals surface area (Å²) in [5, 5.41) is 3.00. The van der Waals surface area contributed by atoms with Gasteiger partial charge < -0.3 is 9.64 Å². The number of ether oxygens (including phenoxy) is 1. The molecule has 0 amide bonds. The molecule has 1 fully saturated rings. The van der Waals surface area contributed by atoms with Crippen LogP contribution in [0.4, 0.5) is 24.7 Å². The average molecular weight is 394 g/mol. The van der Waals surface area contributed by atoms with Crippen LogP contribution in [0.15, 0.2) is 35.8 Å². The van der Waals surface area contributed by atoms with E-state index in [1.54, 1.807) is 0 Å². The SMILES string of the molecule is CCC1CCN(c2ncnc(OCc3ccccc3C(F)(F)F)c2N=O)CC1. The minimum Gasteiger partial charge on any atom is -0.471 e. The summed E-state index contributed by atoms with van der Waals surface area (Å²) in [6.07, 6.45) is -0.196. The molecular weight excluding hydrogens is 373 g/mol. The molecule has 0 N–H and O–H groups in total. The first-order chi connectivity index (χ1) is 13.4. The fourth-order valence-electron chi connectivity index (χ4n) is 3.39. The minimum atomic E-state index is -4.49. The molecule has 0 bridgehead atoms. The predicted molar refractivity (Wildman–Crippen MR) is 98.5 cm³/mol. The topological polar surface area (TPSA) is 67.7 Å². The normalized spacial score (nSPS) is 15.5. The molecule has 0 atom stereocenters. The molecule has 28 heavy (non-hydrogen) atoms. The molecule has 2 aromatic rings. The number of nitroso groups, excluding NO2 is 1. The lowest BCUT2D eigenvalue weighted by atomic mass is 9.94. The van der Waals surface area contributed by atoms with Crippen molar-refractivity contribution < 1.29 is 17.9 Å². The summed E-state index contributed by atoms with van der Waals surface area (Å²) in [4.78, 5) is 21.4. The number of piperidine rings is 1. The van der Waals surface area contributed by atoms with Crippen LogP contribution in [0.2, 0.25) is 0 Å². The Balaban J connectivity index is 1.80. The Bertz CT molecular complexity index is 821. The minimum absolute atomic E-state index is 0.0456. The molecule has 1 aliphatic rings. The average Bonchev–Trinajstić information content (AvgIpc) is 2.71. The fraction of sp³-hybridized carbons (Fsp3) is 0.474. The van der Waals surface area contributed by atoms with Gasteiger partial charge in [0.2, 0.25) is 11.6 Å². The zero-order chi connectivity index (χ0) is 20.1. The molecule has 2 heterocycles. The van der Waals surface area contributed by atoms with Crippen LogP contribution in [0.1, 0.15) is 37.3 Å². The summed E-state index contributed by atoms with van der Waals surface area (Å²) in [5.41, 5.74) is -0.913. The van der Waals surface area contributed by atoms with Crippen molar-refractivity contribution in [3.63, 3.8) is 0 Å². The van der Waals surface area contributed by atoms with Gasteiger partial charge in [-0.2, -0.15) is 18.2 Å². The van der Waals surface area contributed by atoms with Gasteiger partial charge in [-0.3, -0.25) is 0 Å². The van der Waals surface area contributed by atoms with Gasteiger partial charge in [0.15, 0.2) is 5.82 Å². The number of anilines is 1. The highest BCUT2D eigenvalue weighted by atomic mass is 19.4. The monoisotopic (exact) mass is 394 g/mol. The highest BCUT2D eigenvalue weighted by molar-refractivity contribution is 5.67. The Labute approximate surface area is 160 Å². The Morgan fingerprint density at radius 1 is 1.21 bits per heavy atom. The number of alkyl halides is 3. The molecule has 1 saturated heterocycles. The van der Waals surface area contributed by atoms with Crippen molar-refractivity contribution in [3.8, 4) is 5.88 Å². The lowest BCUT2D eigenvalue weighted by molar-refractivity contribution is -0.138. The second-order valence-corrected chi connectivity index (χ2v) is 6.72. The van der Waals surface area contributed by atoms with Crippen molar-refractivity contribution in [3.05, 3.63) is 46.6 Å². The van der Waals surface area contributed by atoms with Crippen molar-refractivity contribution in [2.75, 3.05) is 18.0 Å². The fourth-order valence-corrected chi connectivity index (χ4v) is 3.39. The molecule has 3 rings (SSSR count). The standard InChI is InChI=1S/C19H21F3N4O2/c1-2-13-7-9-26(10-8-13)17-16(25-27)18(24-12-23-17)28-11-14-5-3-4-6-15(14)19(20,21)22/h3-6,12-13H,2,7-11H2,1H3. The van der Waals surface area contributed by atoms with Gasteiger partial charge in [-0.15, -0.1) is 4.91 Å². The van der Waals surface area contributed by atoms with Crippen LogP contribution in [0.3, 0.4) is 0 Å². The zero-order valence-electron chi connectivity index (χ0n) is 15.4. The first-order valence-electron chi connectivity index (χ1n) is 9.15. The van der Waals surface area contributed by atoms with E-state index >= 15 is 0 Å². The van der Waals surface area contributed by atoms with E-state index in [9.17, 15) is 18.1 Å². The number of aromatic nitrogens is 2. The molecule has 0 radical (unpaired) electrons. The second kappa shape index (κ2) is 8.53. The first-order valence-corrected chi connectivity index (χ1v) is 9.15. The smallest absolute Gasteiger partial charge is 0.416 e. The summed E-state index contributed by atoms with van der Waals surface area (Å²) >= 11 is 0. The third-order valence-electron chi connectivity index (χ3n) is 5.04. The van der Waals surface area contributed by atoms with Gasteiger partial charge in [0, 0.05) is 18.7 Å². The Morgan fingerprint density at radius 2 is 1.93 bits per heavy atom. The van der Waals surface area contributed by atoms with Crippen molar-refractivity contribution in [2.45, 2.75) is 39.0 Å².